The fraction of sp³-hybridized carbons (Fsp3) is 0.385. The highest BCUT2D eigenvalue weighted by Crippen LogP contribution is 2.31. The third kappa shape index (κ3) is 2.47. The van der Waals surface area contributed by atoms with Crippen molar-refractivity contribution in [1.29, 1.82) is 0 Å². The molecule has 1 amide bonds. The summed E-state index contributed by atoms with van der Waals surface area (Å²) in [6.07, 6.45) is 1.58. The SMILES string of the molecule is COC(=O)c1ccc(N)c(N2CCCC2C(N)=O)c1. The maximum Gasteiger partial charge on any atom is 0.337 e. The molecule has 0 saturated carbocycles. The number of anilines is 2. The van der Waals surface area contributed by atoms with Gasteiger partial charge >= 0.3 is 5.97 Å². The number of primary amides is 1. The molecule has 1 aliphatic heterocycles. The van der Waals surface area contributed by atoms with Crippen molar-refractivity contribution in [3.05, 3.63) is 23.8 Å². The summed E-state index contributed by atoms with van der Waals surface area (Å²) in [6.45, 7) is 0.697. The number of hydrogen-bond donors (Lipinski definition) is 2. The third-order valence-electron chi connectivity index (χ3n) is 3.34. The molecule has 6 nitrogen and oxygen atoms in total. The van der Waals surface area contributed by atoms with Gasteiger partial charge in [0, 0.05) is 6.54 Å². The Labute approximate surface area is 111 Å². The average molecular weight is 263 g/mol. The van der Waals surface area contributed by atoms with Crippen LogP contribution in [0.2, 0.25) is 0 Å². The van der Waals surface area contributed by atoms with E-state index in [1.807, 2.05) is 4.90 Å². The summed E-state index contributed by atoms with van der Waals surface area (Å²) in [4.78, 5) is 24.8. The molecule has 0 radical (unpaired) electrons. The Balaban J connectivity index is 2.38. The smallest absolute Gasteiger partial charge is 0.337 e. The molecular formula is C13H17N3O3. The first-order valence-electron chi connectivity index (χ1n) is 6.08. The number of amides is 1. The molecule has 0 aromatic heterocycles. The lowest BCUT2D eigenvalue weighted by Crippen LogP contribution is -2.40. The second-order valence-electron chi connectivity index (χ2n) is 4.52. The van der Waals surface area contributed by atoms with Gasteiger partial charge in [0.1, 0.15) is 6.04 Å². The number of carbonyl (C=O) groups excluding carboxylic acids is 2. The van der Waals surface area contributed by atoms with Gasteiger partial charge in [-0.15, -0.1) is 0 Å². The molecule has 4 N–H and O–H groups in total. The fourth-order valence-electron chi connectivity index (χ4n) is 2.39. The van der Waals surface area contributed by atoms with E-state index in [9.17, 15) is 9.59 Å². The zero-order valence-corrected chi connectivity index (χ0v) is 10.8. The number of ether oxygens (including phenoxy) is 1. The predicted octanol–water partition coefficient (Wildman–Crippen LogP) is 0.509. The van der Waals surface area contributed by atoms with Crippen LogP contribution >= 0.6 is 0 Å². The number of nitrogens with two attached hydrogens (primary N) is 2. The molecule has 0 aliphatic carbocycles. The summed E-state index contributed by atoms with van der Waals surface area (Å²) < 4.78 is 4.68. The van der Waals surface area contributed by atoms with E-state index < -0.39 is 5.97 Å². The second-order valence-corrected chi connectivity index (χ2v) is 4.52. The first kappa shape index (κ1) is 13.2. The van der Waals surface area contributed by atoms with Crippen molar-refractivity contribution >= 4 is 23.3 Å². The number of rotatable bonds is 3. The summed E-state index contributed by atoms with van der Waals surface area (Å²) in [6, 6.07) is 4.51. The van der Waals surface area contributed by atoms with Gasteiger partial charge in [-0.25, -0.2) is 4.79 Å². The first-order valence-corrected chi connectivity index (χ1v) is 6.08. The van der Waals surface area contributed by atoms with Crippen LogP contribution in [0.25, 0.3) is 0 Å². The van der Waals surface area contributed by atoms with Crippen LogP contribution in [0.1, 0.15) is 23.2 Å². The lowest BCUT2D eigenvalue weighted by molar-refractivity contribution is -0.119. The molecular weight excluding hydrogens is 246 g/mol. The fourth-order valence-corrected chi connectivity index (χ4v) is 2.39. The second kappa shape index (κ2) is 5.17. The molecule has 1 aromatic rings. The molecule has 1 fully saturated rings. The molecule has 1 aliphatic rings. The van der Waals surface area contributed by atoms with Crippen molar-refractivity contribution in [2.24, 2.45) is 5.73 Å². The number of esters is 1. The number of methoxy groups -OCH3 is 1. The molecule has 0 bridgehead atoms. The van der Waals surface area contributed by atoms with Gasteiger partial charge in [-0.05, 0) is 31.0 Å². The topological polar surface area (TPSA) is 98.7 Å². The van der Waals surface area contributed by atoms with Crippen molar-refractivity contribution in [2.45, 2.75) is 18.9 Å². The van der Waals surface area contributed by atoms with Crippen LogP contribution in [0, 0.1) is 0 Å². The van der Waals surface area contributed by atoms with Crippen LogP contribution in [0.5, 0.6) is 0 Å². The van der Waals surface area contributed by atoms with Crippen LogP contribution < -0.4 is 16.4 Å². The number of hydrogen-bond acceptors (Lipinski definition) is 5. The lowest BCUT2D eigenvalue weighted by atomic mass is 10.1. The zero-order valence-electron chi connectivity index (χ0n) is 10.8. The molecule has 102 valence electrons. The van der Waals surface area contributed by atoms with E-state index in [1.165, 1.54) is 7.11 Å². The van der Waals surface area contributed by atoms with Crippen molar-refractivity contribution in [3.63, 3.8) is 0 Å². The summed E-state index contributed by atoms with van der Waals surface area (Å²) in [5, 5.41) is 0. The van der Waals surface area contributed by atoms with Gasteiger partial charge in [-0.2, -0.15) is 0 Å². The molecule has 6 heteroatoms. The first-order chi connectivity index (χ1) is 9.04. The minimum Gasteiger partial charge on any atom is -0.465 e. The zero-order chi connectivity index (χ0) is 14.0. The molecule has 19 heavy (non-hydrogen) atoms. The summed E-state index contributed by atoms with van der Waals surface area (Å²) in [5.41, 5.74) is 12.9. The third-order valence-corrected chi connectivity index (χ3v) is 3.34. The van der Waals surface area contributed by atoms with E-state index in [1.54, 1.807) is 18.2 Å². The van der Waals surface area contributed by atoms with Gasteiger partial charge in [0.2, 0.25) is 5.91 Å². The van der Waals surface area contributed by atoms with Gasteiger partial charge in [-0.1, -0.05) is 0 Å². The van der Waals surface area contributed by atoms with Crippen LogP contribution in [0.4, 0.5) is 11.4 Å². The highest BCUT2D eigenvalue weighted by molar-refractivity contribution is 5.93. The van der Waals surface area contributed by atoms with E-state index in [-0.39, 0.29) is 11.9 Å². The van der Waals surface area contributed by atoms with Crippen LogP contribution in [-0.2, 0) is 9.53 Å². The Morgan fingerprint density at radius 2 is 2.16 bits per heavy atom. The Bertz CT molecular complexity index is 516. The molecule has 2 rings (SSSR count). The van der Waals surface area contributed by atoms with Crippen molar-refractivity contribution in [2.75, 3.05) is 24.3 Å². The Morgan fingerprint density at radius 3 is 2.79 bits per heavy atom. The number of carbonyl (C=O) groups is 2. The Hall–Kier alpha value is -2.24. The minimum absolute atomic E-state index is 0.366. The van der Waals surface area contributed by atoms with Crippen LogP contribution in [-0.4, -0.2) is 31.6 Å². The van der Waals surface area contributed by atoms with Gasteiger partial charge in [-0.3, -0.25) is 4.79 Å². The van der Waals surface area contributed by atoms with Crippen molar-refractivity contribution < 1.29 is 14.3 Å². The van der Waals surface area contributed by atoms with E-state index in [0.717, 1.165) is 6.42 Å². The van der Waals surface area contributed by atoms with Crippen molar-refractivity contribution in [1.82, 2.24) is 0 Å². The highest BCUT2D eigenvalue weighted by atomic mass is 16.5. The molecule has 1 aromatic carbocycles. The van der Waals surface area contributed by atoms with Gasteiger partial charge < -0.3 is 21.1 Å². The lowest BCUT2D eigenvalue weighted by Gasteiger charge is -2.26. The summed E-state index contributed by atoms with van der Waals surface area (Å²) in [5.74, 6) is -0.809. The van der Waals surface area contributed by atoms with E-state index >= 15 is 0 Å². The molecule has 1 atom stereocenters. The van der Waals surface area contributed by atoms with Crippen LogP contribution in [0.15, 0.2) is 18.2 Å². The van der Waals surface area contributed by atoms with Crippen LogP contribution in [0.3, 0.4) is 0 Å². The monoisotopic (exact) mass is 263 g/mol. The summed E-state index contributed by atoms with van der Waals surface area (Å²) in [7, 11) is 1.32. The van der Waals surface area contributed by atoms with E-state index in [2.05, 4.69) is 4.74 Å². The Kier molecular flexibility index (Phi) is 3.59. The predicted molar refractivity (Wildman–Crippen MR) is 71.8 cm³/mol. The van der Waals surface area contributed by atoms with E-state index in [4.69, 9.17) is 11.5 Å². The molecule has 1 heterocycles. The van der Waals surface area contributed by atoms with Gasteiger partial charge in [0.05, 0.1) is 24.0 Å². The standard InChI is InChI=1S/C13H17N3O3/c1-19-13(18)8-4-5-9(14)11(7-8)16-6-2-3-10(16)12(15)17/h4-5,7,10H,2-3,6,14H2,1H3,(H2,15,17). The quantitative estimate of drug-likeness (QED) is 0.611. The average Bonchev–Trinajstić information content (AvgIpc) is 2.87. The number of benzene rings is 1. The van der Waals surface area contributed by atoms with Gasteiger partial charge in [0.15, 0.2) is 0 Å². The molecule has 1 saturated heterocycles. The maximum absolute atomic E-state index is 11.5. The highest BCUT2D eigenvalue weighted by Gasteiger charge is 2.30. The van der Waals surface area contributed by atoms with Gasteiger partial charge in [0.25, 0.3) is 0 Å². The number of nitrogens with zero attached hydrogens (tertiary/aromatic N) is 1. The van der Waals surface area contributed by atoms with E-state index in [0.29, 0.717) is 29.9 Å². The normalized spacial score (nSPS) is 18.4. The molecule has 1 unspecified atom stereocenters. The Morgan fingerprint density at radius 1 is 1.42 bits per heavy atom. The largest absolute Gasteiger partial charge is 0.465 e. The molecule has 0 spiro atoms. The maximum atomic E-state index is 11.5. The summed E-state index contributed by atoms with van der Waals surface area (Å²) >= 11 is 0. The minimum atomic E-state index is -0.434. The number of nitrogen functional groups attached to an aromatic ring is 1. The van der Waals surface area contributed by atoms with Crippen molar-refractivity contribution in [3.8, 4) is 0 Å².